The van der Waals surface area contributed by atoms with Crippen LogP contribution in [-0.4, -0.2) is 90.2 Å². The van der Waals surface area contributed by atoms with Gasteiger partial charge in [0.05, 0.1) is 18.1 Å². The number of carbonyl (C=O) groups is 4. The molecule has 3 heterocycles. The normalized spacial score (nSPS) is 20.5. The van der Waals surface area contributed by atoms with Gasteiger partial charge in [-0.2, -0.15) is 0 Å². The van der Waals surface area contributed by atoms with Gasteiger partial charge < -0.3 is 19.3 Å². The molecule has 0 spiro atoms. The molecule has 0 radical (unpaired) electrons. The zero-order valence-electron chi connectivity index (χ0n) is 18.4. The molecule has 33 heavy (non-hydrogen) atoms. The molecule has 3 fully saturated rings. The molecule has 10 heteroatoms. The van der Waals surface area contributed by atoms with Crippen LogP contribution < -0.4 is 4.74 Å². The van der Waals surface area contributed by atoms with E-state index in [2.05, 4.69) is 0 Å². The fourth-order valence-electron chi connectivity index (χ4n) is 3.88. The summed E-state index contributed by atoms with van der Waals surface area (Å²) in [5, 5.41) is -0.455. The summed E-state index contributed by atoms with van der Waals surface area (Å²) >= 11 is 0.821. The Labute approximate surface area is 196 Å². The molecule has 0 unspecified atom stereocenters. The van der Waals surface area contributed by atoms with Gasteiger partial charge in [-0.3, -0.25) is 24.1 Å². The third-order valence-electron chi connectivity index (χ3n) is 5.78. The van der Waals surface area contributed by atoms with E-state index < -0.39 is 11.1 Å². The maximum absolute atomic E-state index is 12.7. The van der Waals surface area contributed by atoms with Crippen LogP contribution >= 0.6 is 11.8 Å². The molecule has 0 N–H and O–H groups in total. The van der Waals surface area contributed by atoms with Crippen LogP contribution in [0.5, 0.6) is 5.75 Å². The van der Waals surface area contributed by atoms with Crippen molar-refractivity contribution in [3.05, 3.63) is 34.7 Å². The fourth-order valence-corrected chi connectivity index (χ4v) is 4.71. The molecule has 0 saturated carbocycles. The number of ether oxygens (including phenoxy) is 2. The minimum atomic E-state index is -0.473. The lowest BCUT2D eigenvalue weighted by molar-refractivity contribution is -0.139. The molecule has 1 aromatic rings. The number of rotatable bonds is 6. The monoisotopic (exact) mass is 473 g/mol. The van der Waals surface area contributed by atoms with Gasteiger partial charge in [-0.25, -0.2) is 0 Å². The molecule has 3 saturated heterocycles. The van der Waals surface area contributed by atoms with Gasteiger partial charge in [-0.05, 0) is 54.8 Å². The van der Waals surface area contributed by atoms with E-state index in [-0.39, 0.29) is 29.9 Å². The standard InChI is InChI=1S/C23H27N3O6S/c27-20(25-10-12-31-13-11-25)15-26-22(29)19(33-23(26)30)14-17-4-6-18(7-5-17)32-16-21(28)24-8-2-1-3-9-24/h4-7,14H,1-3,8-13,15-16H2/b19-14-. The predicted molar refractivity (Wildman–Crippen MR) is 122 cm³/mol. The SMILES string of the molecule is O=C(COc1ccc(/C=C2\SC(=O)N(CC(=O)N3CCOCC3)C2=O)cc1)N1CCCCC1. The zero-order valence-corrected chi connectivity index (χ0v) is 19.2. The summed E-state index contributed by atoms with van der Waals surface area (Å²) in [6, 6.07) is 6.96. The molecule has 3 aliphatic rings. The summed E-state index contributed by atoms with van der Waals surface area (Å²) in [7, 11) is 0. The third kappa shape index (κ3) is 5.94. The van der Waals surface area contributed by atoms with E-state index in [4.69, 9.17) is 9.47 Å². The first-order chi connectivity index (χ1) is 16.0. The molecule has 176 valence electrons. The summed E-state index contributed by atoms with van der Waals surface area (Å²) < 4.78 is 10.8. The Hall–Kier alpha value is -2.85. The van der Waals surface area contributed by atoms with Crippen molar-refractivity contribution < 1.29 is 28.7 Å². The Morgan fingerprint density at radius 3 is 2.30 bits per heavy atom. The minimum Gasteiger partial charge on any atom is -0.484 e. The van der Waals surface area contributed by atoms with Crippen LogP contribution in [-0.2, 0) is 19.1 Å². The van der Waals surface area contributed by atoms with Crippen LogP contribution in [0.4, 0.5) is 4.79 Å². The first-order valence-electron chi connectivity index (χ1n) is 11.1. The van der Waals surface area contributed by atoms with Gasteiger partial charge in [-0.15, -0.1) is 0 Å². The molecule has 0 bridgehead atoms. The summed E-state index contributed by atoms with van der Waals surface area (Å²) in [6.07, 6.45) is 4.85. The van der Waals surface area contributed by atoms with Gasteiger partial charge in [0.25, 0.3) is 17.1 Å². The van der Waals surface area contributed by atoms with E-state index in [9.17, 15) is 19.2 Å². The first kappa shape index (κ1) is 23.3. The highest BCUT2D eigenvalue weighted by atomic mass is 32.2. The topological polar surface area (TPSA) is 96.5 Å². The summed E-state index contributed by atoms with van der Waals surface area (Å²) in [5.41, 5.74) is 0.717. The van der Waals surface area contributed by atoms with Crippen molar-refractivity contribution in [3.63, 3.8) is 0 Å². The van der Waals surface area contributed by atoms with Crippen molar-refractivity contribution in [3.8, 4) is 5.75 Å². The molecular weight excluding hydrogens is 446 g/mol. The van der Waals surface area contributed by atoms with Crippen molar-refractivity contribution in [2.45, 2.75) is 19.3 Å². The van der Waals surface area contributed by atoms with E-state index in [1.807, 2.05) is 4.90 Å². The lowest BCUT2D eigenvalue weighted by atomic mass is 10.1. The van der Waals surface area contributed by atoms with E-state index in [1.165, 1.54) is 0 Å². The van der Waals surface area contributed by atoms with Crippen LogP contribution in [0.15, 0.2) is 29.2 Å². The van der Waals surface area contributed by atoms with Gasteiger partial charge in [0.15, 0.2) is 6.61 Å². The second kappa shape index (κ2) is 10.8. The van der Waals surface area contributed by atoms with Crippen LogP contribution in [0.25, 0.3) is 6.08 Å². The lowest BCUT2D eigenvalue weighted by Crippen LogP contribution is -2.46. The highest BCUT2D eigenvalue weighted by molar-refractivity contribution is 8.18. The number of imide groups is 1. The van der Waals surface area contributed by atoms with Gasteiger partial charge >= 0.3 is 0 Å². The van der Waals surface area contributed by atoms with Crippen LogP contribution in [0, 0.1) is 0 Å². The van der Waals surface area contributed by atoms with Crippen LogP contribution in [0.1, 0.15) is 24.8 Å². The van der Waals surface area contributed by atoms with Gasteiger partial charge in [0.2, 0.25) is 5.91 Å². The van der Waals surface area contributed by atoms with Crippen molar-refractivity contribution >= 4 is 40.8 Å². The number of hydrogen-bond acceptors (Lipinski definition) is 7. The molecule has 0 atom stereocenters. The number of carbonyl (C=O) groups excluding carboxylic acids is 4. The average Bonchev–Trinajstić information content (AvgIpc) is 3.11. The molecule has 0 aliphatic carbocycles. The van der Waals surface area contributed by atoms with Crippen molar-refractivity contribution in [2.75, 3.05) is 52.5 Å². The van der Waals surface area contributed by atoms with Crippen molar-refractivity contribution in [2.24, 2.45) is 0 Å². The summed E-state index contributed by atoms with van der Waals surface area (Å²) in [6.45, 7) is 3.14. The summed E-state index contributed by atoms with van der Waals surface area (Å²) in [4.78, 5) is 54.3. The first-order valence-corrected chi connectivity index (χ1v) is 11.9. The van der Waals surface area contributed by atoms with Crippen LogP contribution in [0.3, 0.4) is 0 Å². The average molecular weight is 474 g/mol. The number of thioether (sulfide) groups is 1. The van der Waals surface area contributed by atoms with Crippen molar-refractivity contribution in [1.29, 1.82) is 0 Å². The Morgan fingerprint density at radius 2 is 1.61 bits per heavy atom. The number of hydrogen-bond donors (Lipinski definition) is 0. The molecule has 4 rings (SSSR count). The highest BCUT2D eigenvalue weighted by Crippen LogP contribution is 2.32. The molecular formula is C23H27N3O6S. The molecule has 1 aromatic carbocycles. The molecule has 0 aromatic heterocycles. The molecule has 9 nitrogen and oxygen atoms in total. The molecule has 3 aliphatic heterocycles. The largest absolute Gasteiger partial charge is 0.484 e. The lowest BCUT2D eigenvalue weighted by Gasteiger charge is -2.28. The number of morpholine rings is 1. The number of piperidine rings is 1. The fraction of sp³-hybridized carbons (Fsp3) is 0.478. The van der Waals surface area contributed by atoms with E-state index in [0.29, 0.717) is 32.1 Å². The highest BCUT2D eigenvalue weighted by Gasteiger charge is 2.37. The van der Waals surface area contributed by atoms with Gasteiger partial charge in [0.1, 0.15) is 12.3 Å². The van der Waals surface area contributed by atoms with Crippen LogP contribution in [0.2, 0.25) is 0 Å². The second-order valence-electron chi connectivity index (χ2n) is 8.06. The smallest absolute Gasteiger partial charge is 0.294 e. The van der Waals surface area contributed by atoms with E-state index >= 15 is 0 Å². The Kier molecular flexibility index (Phi) is 7.66. The second-order valence-corrected chi connectivity index (χ2v) is 9.05. The van der Waals surface area contributed by atoms with E-state index in [1.54, 1.807) is 35.2 Å². The number of benzene rings is 1. The van der Waals surface area contributed by atoms with Crippen molar-refractivity contribution in [1.82, 2.24) is 14.7 Å². The molecule has 4 amide bonds. The Morgan fingerprint density at radius 1 is 0.939 bits per heavy atom. The summed E-state index contributed by atoms with van der Waals surface area (Å²) in [5.74, 6) is -0.192. The number of likely N-dealkylation sites (tertiary alicyclic amines) is 1. The van der Waals surface area contributed by atoms with Gasteiger partial charge in [-0.1, -0.05) is 12.1 Å². The Bertz CT molecular complexity index is 936. The maximum atomic E-state index is 12.7. The minimum absolute atomic E-state index is 0.00456. The zero-order chi connectivity index (χ0) is 23.2. The number of amides is 4. The maximum Gasteiger partial charge on any atom is 0.294 e. The van der Waals surface area contributed by atoms with E-state index in [0.717, 1.165) is 54.6 Å². The quantitative estimate of drug-likeness (QED) is 0.583. The predicted octanol–water partition coefficient (Wildman–Crippen LogP) is 1.97. The van der Waals surface area contributed by atoms with Gasteiger partial charge in [0, 0.05) is 26.2 Å². The number of nitrogens with zero attached hydrogens (tertiary/aromatic N) is 3. The Balaban J connectivity index is 1.31. The third-order valence-corrected chi connectivity index (χ3v) is 6.69.